The molecule has 0 radical (unpaired) electrons. The Bertz CT molecular complexity index is 258. The molecule has 2 atom stereocenters. The third kappa shape index (κ3) is 2.02. The van der Waals surface area contributed by atoms with Gasteiger partial charge >= 0.3 is 0 Å². The fourth-order valence-corrected chi connectivity index (χ4v) is 2.44. The van der Waals surface area contributed by atoms with Gasteiger partial charge in [0.05, 0.1) is 0 Å². The Kier molecular flexibility index (Phi) is 3.41. The highest BCUT2D eigenvalue weighted by Crippen LogP contribution is 2.34. The summed E-state index contributed by atoms with van der Waals surface area (Å²) in [5.41, 5.74) is 8.69. The molecule has 1 aliphatic rings. The van der Waals surface area contributed by atoms with Gasteiger partial charge in [-0.15, -0.1) is 0 Å². The van der Waals surface area contributed by atoms with E-state index in [4.69, 9.17) is 5.73 Å². The molecule has 80 valence electrons. The van der Waals surface area contributed by atoms with Crippen LogP contribution in [0.25, 0.3) is 0 Å². The molecular formula is C13H23N. The first kappa shape index (κ1) is 11.4. The summed E-state index contributed by atoms with van der Waals surface area (Å²) in [5.74, 6) is 2.28. The summed E-state index contributed by atoms with van der Waals surface area (Å²) in [7, 11) is 0. The number of hydrogen-bond acceptors (Lipinski definition) is 1. The van der Waals surface area contributed by atoms with Crippen LogP contribution in [0.2, 0.25) is 0 Å². The zero-order chi connectivity index (χ0) is 10.9. The first-order valence-corrected chi connectivity index (χ1v) is 5.62. The van der Waals surface area contributed by atoms with Gasteiger partial charge < -0.3 is 5.73 Å². The predicted molar refractivity (Wildman–Crippen MR) is 62.7 cm³/mol. The summed E-state index contributed by atoms with van der Waals surface area (Å²) < 4.78 is 0. The van der Waals surface area contributed by atoms with Crippen molar-refractivity contribution >= 4 is 0 Å². The molecular weight excluding hydrogens is 170 g/mol. The van der Waals surface area contributed by atoms with Crippen molar-refractivity contribution < 1.29 is 0 Å². The number of rotatable bonds is 2. The van der Waals surface area contributed by atoms with Gasteiger partial charge in [-0.3, -0.25) is 0 Å². The summed E-state index contributed by atoms with van der Waals surface area (Å²) in [6, 6.07) is 0. The standard InChI is InChI=1S/C13H23N/c1-8(2)11-7-6-10(5)12(9(3)4)13(11)14/h6-10,12H,14H2,1-5H3. The Morgan fingerprint density at radius 1 is 1.21 bits per heavy atom. The summed E-state index contributed by atoms with van der Waals surface area (Å²) in [6.07, 6.45) is 4.51. The molecule has 1 heteroatoms. The Hall–Kier alpha value is -0.720. The van der Waals surface area contributed by atoms with Crippen LogP contribution >= 0.6 is 0 Å². The monoisotopic (exact) mass is 193 g/mol. The third-order valence-corrected chi connectivity index (χ3v) is 3.18. The molecule has 0 fully saturated rings. The Morgan fingerprint density at radius 3 is 2.21 bits per heavy atom. The average molecular weight is 193 g/mol. The van der Waals surface area contributed by atoms with E-state index in [1.165, 1.54) is 5.57 Å². The fourth-order valence-electron chi connectivity index (χ4n) is 2.44. The molecule has 2 N–H and O–H groups in total. The average Bonchev–Trinajstić information content (AvgIpc) is 2.02. The van der Waals surface area contributed by atoms with E-state index in [-0.39, 0.29) is 0 Å². The van der Waals surface area contributed by atoms with Crippen molar-refractivity contribution in [3.8, 4) is 0 Å². The summed E-state index contributed by atoms with van der Waals surface area (Å²) in [5, 5.41) is 0. The van der Waals surface area contributed by atoms with E-state index < -0.39 is 0 Å². The van der Waals surface area contributed by atoms with Crippen molar-refractivity contribution in [1.82, 2.24) is 0 Å². The molecule has 0 aromatic heterocycles. The van der Waals surface area contributed by atoms with E-state index in [9.17, 15) is 0 Å². The third-order valence-electron chi connectivity index (χ3n) is 3.18. The summed E-state index contributed by atoms with van der Waals surface area (Å²) in [6.45, 7) is 11.2. The van der Waals surface area contributed by atoms with Crippen molar-refractivity contribution in [3.63, 3.8) is 0 Å². The predicted octanol–water partition coefficient (Wildman–Crippen LogP) is 3.33. The first-order chi connectivity index (χ1) is 6.45. The Labute approximate surface area is 88.1 Å². The largest absolute Gasteiger partial charge is 0.402 e. The van der Waals surface area contributed by atoms with Crippen molar-refractivity contribution in [3.05, 3.63) is 23.4 Å². The van der Waals surface area contributed by atoms with E-state index in [1.807, 2.05) is 0 Å². The second-order valence-corrected chi connectivity index (χ2v) is 5.05. The van der Waals surface area contributed by atoms with Gasteiger partial charge in [-0.2, -0.15) is 0 Å². The van der Waals surface area contributed by atoms with Crippen LogP contribution in [0.1, 0.15) is 34.6 Å². The molecule has 0 heterocycles. The maximum absolute atomic E-state index is 6.24. The smallest absolute Gasteiger partial charge is 0.0155 e. The fraction of sp³-hybridized carbons (Fsp3) is 0.692. The number of allylic oxidation sites excluding steroid dienone is 4. The van der Waals surface area contributed by atoms with Crippen LogP contribution in [-0.4, -0.2) is 0 Å². The van der Waals surface area contributed by atoms with Gasteiger partial charge in [0, 0.05) is 11.6 Å². The Morgan fingerprint density at radius 2 is 1.79 bits per heavy atom. The molecule has 0 saturated heterocycles. The minimum Gasteiger partial charge on any atom is -0.402 e. The molecule has 1 aliphatic carbocycles. The van der Waals surface area contributed by atoms with Gasteiger partial charge in [0.1, 0.15) is 0 Å². The topological polar surface area (TPSA) is 26.0 Å². The van der Waals surface area contributed by atoms with E-state index in [0.29, 0.717) is 23.7 Å². The zero-order valence-electron chi connectivity index (χ0n) is 10.0. The minimum atomic E-state index is 0.525. The van der Waals surface area contributed by atoms with Crippen LogP contribution in [-0.2, 0) is 0 Å². The highest BCUT2D eigenvalue weighted by atomic mass is 14.6. The highest BCUT2D eigenvalue weighted by Gasteiger charge is 2.26. The molecule has 14 heavy (non-hydrogen) atoms. The highest BCUT2D eigenvalue weighted by molar-refractivity contribution is 5.32. The van der Waals surface area contributed by atoms with Crippen LogP contribution in [0.4, 0.5) is 0 Å². The van der Waals surface area contributed by atoms with Gasteiger partial charge in [-0.1, -0.05) is 46.8 Å². The molecule has 1 nitrogen and oxygen atoms in total. The molecule has 0 bridgehead atoms. The number of nitrogens with two attached hydrogens (primary N) is 1. The molecule has 0 aromatic rings. The molecule has 0 aliphatic heterocycles. The van der Waals surface area contributed by atoms with E-state index in [0.717, 1.165) is 5.70 Å². The molecule has 0 aromatic carbocycles. The van der Waals surface area contributed by atoms with E-state index in [1.54, 1.807) is 0 Å². The number of hydrogen-bond donors (Lipinski definition) is 1. The molecule has 1 rings (SSSR count). The van der Waals surface area contributed by atoms with Crippen LogP contribution < -0.4 is 5.73 Å². The van der Waals surface area contributed by atoms with Gasteiger partial charge in [0.15, 0.2) is 0 Å². The van der Waals surface area contributed by atoms with Gasteiger partial charge in [0.25, 0.3) is 0 Å². The zero-order valence-corrected chi connectivity index (χ0v) is 10.0. The first-order valence-electron chi connectivity index (χ1n) is 5.62. The lowest BCUT2D eigenvalue weighted by molar-refractivity contribution is 0.351. The van der Waals surface area contributed by atoms with Gasteiger partial charge in [-0.05, 0) is 23.3 Å². The van der Waals surface area contributed by atoms with Crippen molar-refractivity contribution in [1.29, 1.82) is 0 Å². The van der Waals surface area contributed by atoms with E-state index >= 15 is 0 Å². The lowest BCUT2D eigenvalue weighted by atomic mass is 9.75. The van der Waals surface area contributed by atoms with Crippen LogP contribution in [0.5, 0.6) is 0 Å². The maximum atomic E-state index is 6.24. The maximum Gasteiger partial charge on any atom is 0.0155 e. The molecule has 2 unspecified atom stereocenters. The molecule has 0 spiro atoms. The quantitative estimate of drug-likeness (QED) is 0.715. The van der Waals surface area contributed by atoms with Crippen LogP contribution in [0.15, 0.2) is 23.4 Å². The second kappa shape index (κ2) is 4.20. The second-order valence-electron chi connectivity index (χ2n) is 5.05. The van der Waals surface area contributed by atoms with Gasteiger partial charge in [0.2, 0.25) is 0 Å². The Balaban J connectivity index is 3.02. The van der Waals surface area contributed by atoms with Crippen molar-refractivity contribution in [2.45, 2.75) is 34.6 Å². The molecule has 0 saturated carbocycles. The van der Waals surface area contributed by atoms with Crippen LogP contribution in [0, 0.1) is 23.7 Å². The van der Waals surface area contributed by atoms with Crippen molar-refractivity contribution in [2.75, 3.05) is 0 Å². The van der Waals surface area contributed by atoms with Crippen molar-refractivity contribution in [2.24, 2.45) is 29.4 Å². The SMILES string of the molecule is CC(C)C1=C(N)C(C(C)C)C(C)C=C1. The van der Waals surface area contributed by atoms with Crippen LogP contribution in [0.3, 0.4) is 0 Å². The minimum absolute atomic E-state index is 0.525. The lowest BCUT2D eigenvalue weighted by Gasteiger charge is -2.32. The summed E-state index contributed by atoms with van der Waals surface area (Å²) in [4.78, 5) is 0. The molecule has 0 amide bonds. The van der Waals surface area contributed by atoms with Gasteiger partial charge in [-0.25, -0.2) is 0 Å². The normalized spacial score (nSPS) is 27.9. The summed E-state index contributed by atoms with van der Waals surface area (Å²) >= 11 is 0. The van der Waals surface area contributed by atoms with E-state index in [2.05, 4.69) is 46.8 Å². The lowest BCUT2D eigenvalue weighted by Crippen LogP contribution is -2.28.